The molecule has 2 atom stereocenters. The van der Waals surface area contributed by atoms with Crippen molar-refractivity contribution in [2.24, 2.45) is 11.3 Å². The van der Waals surface area contributed by atoms with E-state index in [0.29, 0.717) is 23.4 Å². The van der Waals surface area contributed by atoms with Gasteiger partial charge in [0.1, 0.15) is 0 Å². The molecule has 1 fully saturated rings. The summed E-state index contributed by atoms with van der Waals surface area (Å²) >= 11 is 3.58. The highest BCUT2D eigenvalue weighted by Gasteiger charge is 2.35. The lowest BCUT2D eigenvalue weighted by atomic mass is 9.83. The predicted molar refractivity (Wildman–Crippen MR) is 94.4 cm³/mol. The zero-order chi connectivity index (χ0) is 15.6. The van der Waals surface area contributed by atoms with Gasteiger partial charge in [-0.3, -0.25) is 4.90 Å². The van der Waals surface area contributed by atoms with Crippen LogP contribution in [0.15, 0.2) is 28.7 Å². The van der Waals surface area contributed by atoms with Gasteiger partial charge in [-0.1, -0.05) is 62.7 Å². The largest absolute Gasteiger partial charge is 0.311 e. The first kappa shape index (κ1) is 17.0. The molecule has 21 heavy (non-hydrogen) atoms. The van der Waals surface area contributed by atoms with Gasteiger partial charge in [-0.25, -0.2) is 0 Å². The lowest BCUT2D eigenvalue weighted by molar-refractivity contribution is 0.0572. The molecule has 1 aliphatic heterocycles. The van der Waals surface area contributed by atoms with E-state index in [-0.39, 0.29) is 0 Å². The third-order valence-corrected chi connectivity index (χ3v) is 5.04. The summed E-state index contributed by atoms with van der Waals surface area (Å²) in [6, 6.07) is 9.87. The predicted octanol–water partition coefficient (Wildman–Crippen LogP) is 4.29. The molecule has 0 spiro atoms. The number of nitrogens with one attached hydrogen (secondary N) is 1. The Morgan fingerprint density at radius 1 is 1.33 bits per heavy atom. The minimum absolute atomic E-state index is 0.303. The van der Waals surface area contributed by atoms with Crippen molar-refractivity contribution in [2.45, 2.75) is 53.2 Å². The van der Waals surface area contributed by atoms with Gasteiger partial charge in [0.05, 0.1) is 0 Å². The molecule has 2 rings (SSSR count). The van der Waals surface area contributed by atoms with Gasteiger partial charge in [0.25, 0.3) is 0 Å². The fraction of sp³-hybridized carbons (Fsp3) is 0.667. The van der Waals surface area contributed by atoms with Crippen LogP contribution in [0.1, 0.15) is 40.2 Å². The molecule has 0 saturated carbocycles. The van der Waals surface area contributed by atoms with Gasteiger partial charge in [0, 0.05) is 36.2 Å². The topological polar surface area (TPSA) is 15.3 Å². The summed E-state index contributed by atoms with van der Waals surface area (Å²) in [7, 11) is 0. The van der Waals surface area contributed by atoms with Crippen LogP contribution in [0.4, 0.5) is 0 Å². The van der Waals surface area contributed by atoms with Crippen LogP contribution in [-0.2, 0) is 6.54 Å². The lowest BCUT2D eigenvalue weighted by Gasteiger charge is -2.46. The fourth-order valence-electron chi connectivity index (χ4n) is 3.12. The Kier molecular flexibility index (Phi) is 5.50. The van der Waals surface area contributed by atoms with E-state index in [4.69, 9.17) is 0 Å². The van der Waals surface area contributed by atoms with Gasteiger partial charge in [-0.05, 0) is 29.0 Å². The molecule has 1 heterocycles. The molecule has 3 heteroatoms. The van der Waals surface area contributed by atoms with Gasteiger partial charge in [-0.15, -0.1) is 0 Å². The van der Waals surface area contributed by atoms with Gasteiger partial charge >= 0.3 is 0 Å². The Bertz CT molecular complexity index is 465. The first-order chi connectivity index (χ1) is 9.77. The molecule has 0 aromatic heterocycles. The molecule has 1 aliphatic rings. The molecule has 1 N–H and O–H groups in total. The average molecular weight is 353 g/mol. The molecule has 1 aromatic rings. The summed E-state index contributed by atoms with van der Waals surface area (Å²) in [5.41, 5.74) is 1.70. The van der Waals surface area contributed by atoms with E-state index >= 15 is 0 Å². The van der Waals surface area contributed by atoms with E-state index in [2.05, 4.69) is 85.0 Å². The van der Waals surface area contributed by atoms with Gasteiger partial charge < -0.3 is 5.32 Å². The number of halogens is 1. The molecular weight excluding hydrogens is 324 g/mol. The van der Waals surface area contributed by atoms with E-state index in [1.165, 1.54) is 10.0 Å². The highest BCUT2D eigenvalue weighted by atomic mass is 79.9. The first-order valence-electron chi connectivity index (χ1n) is 7.99. The normalized spacial score (nSPS) is 24.5. The second kappa shape index (κ2) is 6.80. The number of benzene rings is 1. The third-order valence-electron chi connectivity index (χ3n) is 4.55. The van der Waals surface area contributed by atoms with Crippen LogP contribution >= 0.6 is 15.9 Å². The summed E-state index contributed by atoms with van der Waals surface area (Å²) in [6.07, 6.45) is 0. The van der Waals surface area contributed by atoms with Crippen molar-refractivity contribution < 1.29 is 0 Å². The highest BCUT2D eigenvalue weighted by Crippen LogP contribution is 2.27. The zero-order valence-corrected chi connectivity index (χ0v) is 15.6. The molecule has 2 unspecified atom stereocenters. The maximum atomic E-state index is 3.77. The molecule has 1 aromatic carbocycles. The summed E-state index contributed by atoms with van der Waals surface area (Å²) < 4.78 is 1.17. The Hall–Kier alpha value is -0.380. The number of nitrogens with zero attached hydrogens (tertiary/aromatic N) is 1. The van der Waals surface area contributed by atoms with E-state index in [0.717, 1.165) is 19.6 Å². The minimum atomic E-state index is 0.303. The van der Waals surface area contributed by atoms with Crippen molar-refractivity contribution >= 4 is 15.9 Å². The molecule has 0 aliphatic carbocycles. The van der Waals surface area contributed by atoms with Crippen LogP contribution in [0.2, 0.25) is 0 Å². The Balaban J connectivity index is 2.14. The van der Waals surface area contributed by atoms with Crippen molar-refractivity contribution in [2.75, 3.05) is 13.1 Å². The van der Waals surface area contributed by atoms with Crippen molar-refractivity contribution in [3.05, 3.63) is 34.3 Å². The zero-order valence-electron chi connectivity index (χ0n) is 14.0. The molecule has 2 nitrogen and oxygen atoms in total. The van der Waals surface area contributed by atoms with Crippen molar-refractivity contribution in [3.8, 4) is 0 Å². The Morgan fingerprint density at radius 2 is 2.05 bits per heavy atom. The van der Waals surface area contributed by atoms with Crippen LogP contribution in [0.5, 0.6) is 0 Å². The summed E-state index contributed by atoms with van der Waals surface area (Å²) in [4.78, 5) is 2.67. The maximum Gasteiger partial charge on any atom is 0.0247 e. The molecule has 0 radical (unpaired) electrons. The van der Waals surface area contributed by atoms with Crippen LogP contribution in [0, 0.1) is 11.3 Å². The number of hydrogen-bond donors (Lipinski definition) is 1. The second-order valence-corrected chi connectivity index (χ2v) is 8.61. The minimum Gasteiger partial charge on any atom is -0.311 e. The van der Waals surface area contributed by atoms with E-state index in [9.17, 15) is 0 Å². The third kappa shape index (κ3) is 4.54. The number of hydrogen-bond acceptors (Lipinski definition) is 2. The van der Waals surface area contributed by atoms with Gasteiger partial charge in [0.15, 0.2) is 0 Å². The highest BCUT2D eigenvalue weighted by molar-refractivity contribution is 9.10. The summed E-state index contributed by atoms with van der Waals surface area (Å²) in [6.45, 7) is 14.9. The second-order valence-electron chi connectivity index (χ2n) is 7.70. The molecule has 1 saturated heterocycles. The quantitative estimate of drug-likeness (QED) is 0.872. The number of piperazine rings is 1. The molecular formula is C18H29BrN2. The monoisotopic (exact) mass is 352 g/mol. The van der Waals surface area contributed by atoms with Crippen molar-refractivity contribution in [1.82, 2.24) is 10.2 Å². The fourth-order valence-corrected chi connectivity index (χ4v) is 3.56. The van der Waals surface area contributed by atoms with Crippen LogP contribution in [0.3, 0.4) is 0 Å². The summed E-state index contributed by atoms with van der Waals surface area (Å²) in [5, 5.41) is 3.77. The van der Waals surface area contributed by atoms with Crippen molar-refractivity contribution in [1.29, 1.82) is 0 Å². The van der Waals surface area contributed by atoms with Crippen LogP contribution in [-0.4, -0.2) is 30.1 Å². The molecule has 0 bridgehead atoms. The average Bonchev–Trinajstić information content (AvgIpc) is 2.37. The first-order valence-corrected chi connectivity index (χ1v) is 8.78. The molecule has 118 valence electrons. The van der Waals surface area contributed by atoms with Crippen LogP contribution < -0.4 is 5.32 Å². The SMILES string of the molecule is CC(C)C1CNC(C(C)(C)C)CN1Cc1cccc(Br)c1. The van der Waals surface area contributed by atoms with E-state index < -0.39 is 0 Å². The smallest absolute Gasteiger partial charge is 0.0247 e. The number of rotatable bonds is 3. The van der Waals surface area contributed by atoms with Gasteiger partial charge in [0.2, 0.25) is 0 Å². The van der Waals surface area contributed by atoms with E-state index in [1.54, 1.807) is 0 Å². The standard InChI is InChI=1S/C18H29BrN2/c1-13(2)16-10-20-17(18(3,4)5)12-21(16)11-14-7-6-8-15(19)9-14/h6-9,13,16-17,20H,10-12H2,1-5H3. The lowest BCUT2D eigenvalue weighted by Crippen LogP contribution is -2.61. The summed E-state index contributed by atoms with van der Waals surface area (Å²) in [5.74, 6) is 0.672. The Labute approximate surface area is 138 Å². The Morgan fingerprint density at radius 3 is 2.62 bits per heavy atom. The van der Waals surface area contributed by atoms with E-state index in [1.807, 2.05) is 0 Å². The maximum absolute atomic E-state index is 3.77. The van der Waals surface area contributed by atoms with Crippen molar-refractivity contribution in [3.63, 3.8) is 0 Å². The van der Waals surface area contributed by atoms with Crippen LogP contribution in [0.25, 0.3) is 0 Å². The molecule has 0 amide bonds. The van der Waals surface area contributed by atoms with Gasteiger partial charge in [-0.2, -0.15) is 0 Å².